The summed E-state index contributed by atoms with van der Waals surface area (Å²) in [6.07, 6.45) is 3.36. The number of rotatable bonds is 7. The topological polar surface area (TPSA) is 89.3 Å². The zero-order valence-corrected chi connectivity index (χ0v) is 11.7. The number of ether oxygens (including phenoxy) is 1. The lowest BCUT2D eigenvalue weighted by Gasteiger charge is -2.18. The highest BCUT2D eigenvalue weighted by molar-refractivity contribution is 5.99. The van der Waals surface area contributed by atoms with Crippen molar-refractivity contribution in [3.63, 3.8) is 0 Å². The maximum atomic E-state index is 12.2. The van der Waals surface area contributed by atoms with E-state index in [4.69, 9.17) is 10.6 Å². The van der Waals surface area contributed by atoms with Crippen molar-refractivity contribution in [1.82, 2.24) is 10.3 Å². The molecule has 0 saturated carbocycles. The molecule has 1 atom stereocenters. The Kier molecular flexibility index (Phi) is 6.24. The molecular weight excluding hydrogens is 244 g/mol. The zero-order valence-electron chi connectivity index (χ0n) is 11.7. The number of hydrogen-bond donors (Lipinski definition) is 3. The van der Waals surface area contributed by atoms with Crippen LogP contribution in [0.25, 0.3) is 0 Å². The molecule has 106 valence electrons. The molecule has 0 aliphatic rings. The van der Waals surface area contributed by atoms with Gasteiger partial charge in [-0.1, -0.05) is 13.3 Å². The van der Waals surface area contributed by atoms with Crippen LogP contribution in [-0.2, 0) is 4.74 Å². The minimum Gasteiger partial charge on any atom is -0.383 e. The van der Waals surface area contributed by atoms with Crippen LogP contribution in [0.15, 0.2) is 12.3 Å². The number of nitrogens with two attached hydrogens (primary N) is 1. The molecule has 1 unspecified atom stereocenters. The van der Waals surface area contributed by atoms with Crippen LogP contribution in [0.1, 0.15) is 35.8 Å². The number of amides is 1. The highest BCUT2D eigenvalue weighted by Gasteiger charge is 2.16. The summed E-state index contributed by atoms with van der Waals surface area (Å²) in [4.78, 5) is 16.3. The molecule has 1 amide bonds. The van der Waals surface area contributed by atoms with Crippen LogP contribution in [0, 0.1) is 6.92 Å². The highest BCUT2D eigenvalue weighted by atomic mass is 16.5. The second-order valence-corrected chi connectivity index (χ2v) is 4.43. The fraction of sp³-hybridized carbons (Fsp3) is 0.538. The number of aryl methyl sites for hydroxylation is 1. The lowest BCUT2D eigenvalue weighted by Crippen LogP contribution is -2.38. The van der Waals surface area contributed by atoms with E-state index in [9.17, 15) is 4.79 Å². The quantitative estimate of drug-likeness (QED) is 0.510. The van der Waals surface area contributed by atoms with Gasteiger partial charge in [-0.2, -0.15) is 0 Å². The summed E-state index contributed by atoms with van der Waals surface area (Å²) in [5, 5.41) is 2.93. The molecule has 1 aromatic heterocycles. The smallest absolute Gasteiger partial charge is 0.255 e. The number of nitrogen functional groups attached to an aromatic ring is 1. The molecule has 0 aliphatic carbocycles. The first-order valence-electron chi connectivity index (χ1n) is 6.35. The average Bonchev–Trinajstić information content (AvgIpc) is 2.38. The van der Waals surface area contributed by atoms with Crippen molar-refractivity contribution in [2.75, 3.05) is 19.1 Å². The number of carbonyl (C=O) groups excluding carboxylic acids is 1. The first kappa shape index (κ1) is 15.4. The summed E-state index contributed by atoms with van der Waals surface area (Å²) < 4.78 is 5.10. The fourth-order valence-corrected chi connectivity index (χ4v) is 1.87. The van der Waals surface area contributed by atoms with Gasteiger partial charge in [0.05, 0.1) is 23.9 Å². The van der Waals surface area contributed by atoms with E-state index in [0.717, 1.165) is 18.5 Å². The maximum Gasteiger partial charge on any atom is 0.255 e. The van der Waals surface area contributed by atoms with Crippen LogP contribution in [0.2, 0.25) is 0 Å². The third kappa shape index (κ3) is 4.50. The standard InChI is InChI=1S/C13H22N4O2/c1-4-5-10(8-19-3)16-13(18)11-7-15-9(2)6-12(11)17-14/h6-7,10H,4-5,8,14H2,1-3H3,(H,15,17)(H,16,18). The number of nitrogens with one attached hydrogen (secondary N) is 2. The van der Waals surface area contributed by atoms with Crippen molar-refractivity contribution in [2.45, 2.75) is 32.7 Å². The maximum absolute atomic E-state index is 12.2. The van der Waals surface area contributed by atoms with Gasteiger partial charge in [-0.15, -0.1) is 0 Å². The molecule has 6 heteroatoms. The van der Waals surface area contributed by atoms with E-state index in [1.807, 2.05) is 6.92 Å². The van der Waals surface area contributed by atoms with Crippen LogP contribution in [0.5, 0.6) is 0 Å². The second kappa shape index (κ2) is 7.70. The summed E-state index contributed by atoms with van der Waals surface area (Å²) in [6, 6.07) is 1.73. The predicted octanol–water partition coefficient (Wildman–Crippen LogP) is 1.22. The van der Waals surface area contributed by atoms with Gasteiger partial charge in [-0.05, 0) is 19.4 Å². The Bertz CT molecular complexity index is 417. The number of carbonyl (C=O) groups is 1. The van der Waals surface area contributed by atoms with Gasteiger partial charge in [0.15, 0.2) is 0 Å². The minimum absolute atomic E-state index is 0.00516. The number of aromatic nitrogens is 1. The van der Waals surface area contributed by atoms with Gasteiger partial charge >= 0.3 is 0 Å². The van der Waals surface area contributed by atoms with E-state index in [1.165, 1.54) is 6.20 Å². The van der Waals surface area contributed by atoms with E-state index in [-0.39, 0.29) is 11.9 Å². The highest BCUT2D eigenvalue weighted by Crippen LogP contribution is 2.14. The summed E-state index contributed by atoms with van der Waals surface area (Å²) in [6.45, 7) is 4.40. The van der Waals surface area contributed by atoms with E-state index < -0.39 is 0 Å². The first-order valence-corrected chi connectivity index (χ1v) is 6.35. The third-order valence-electron chi connectivity index (χ3n) is 2.78. The SMILES string of the molecule is CCCC(COC)NC(=O)c1cnc(C)cc1NN. The number of nitrogens with zero attached hydrogens (tertiary/aromatic N) is 1. The Morgan fingerprint density at radius 3 is 2.89 bits per heavy atom. The van der Waals surface area contributed by atoms with Crippen molar-refractivity contribution >= 4 is 11.6 Å². The summed E-state index contributed by atoms with van der Waals surface area (Å²) >= 11 is 0. The van der Waals surface area contributed by atoms with Crippen LogP contribution < -0.4 is 16.6 Å². The molecular formula is C13H22N4O2. The van der Waals surface area contributed by atoms with Crippen molar-refractivity contribution in [2.24, 2.45) is 5.84 Å². The molecule has 0 aliphatic heterocycles. The fourth-order valence-electron chi connectivity index (χ4n) is 1.87. The van der Waals surface area contributed by atoms with Gasteiger partial charge in [-0.25, -0.2) is 0 Å². The van der Waals surface area contributed by atoms with Gasteiger partial charge in [0.1, 0.15) is 0 Å². The van der Waals surface area contributed by atoms with Gasteiger partial charge in [0, 0.05) is 19.0 Å². The summed E-state index contributed by atoms with van der Waals surface area (Å²) in [7, 11) is 1.62. The van der Waals surface area contributed by atoms with Gasteiger partial charge in [-0.3, -0.25) is 15.6 Å². The van der Waals surface area contributed by atoms with E-state index in [0.29, 0.717) is 17.9 Å². The van der Waals surface area contributed by atoms with Crippen LogP contribution in [-0.4, -0.2) is 30.6 Å². The normalized spacial score (nSPS) is 12.0. The average molecular weight is 266 g/mol. The molecule has 1 rings (SSSR count). The van der Waals surface area contributed by atoms with Gasteiger partial charge in [0.2, 0.25) is 0 Å². The lowest BCUT2D eigenvalue weighted by atomic mass is 10.1. The summed E-state index contributed by atoms with van der Waals surface area (Å²) in [5.74, 6) is 5.22. The lowest BCUT2D eigenvalue weighted by molar-refractivity contribution is 0.0892. The molecule has 6 nitrogen and oxygen atoms in total. The van der Waals surface area contributed by atoms with E-state index >= 15 is 0 Å². The van der Waals surface area contributed by atoms with Crippen molar-refractivity contribution in [3.8, 4) is 0 Å². The number of methoxy groups -OCH3 is 1. The molecule has 0 fully saturated rings. The molecule has 1 aromatic rings. The van der Waals surface area contributed by atoms with E-state index in [2.05, 4.69) is 22.7 Å². The second-order valence-electron chi connectivity index (χ2n) is 4.43. The minimum atomic E-state index is -0.198. The van der Waals surface area contributed by atoms with Crippen LogP contribution >= 0.6 is 0 Å². The molecule has 0 radical (unpaired) electrons. The zero-order chi connectivity index (χ0) is 14.3. The van der Waals surface area contributed by atoms with Gasteiger partial charge in [0.25, 0.3) is 5.91 Å². The molecule has 0 aromatic carbocycles. The third-order valence-corrected chi connectivity index (χ3v) is 2.78. The number of anilines is 1. The summed E-state index contributed by atoms with van der Waals surface area (Å²) in [5.41, 5.74) is 4.32. The Hall–Kier alpha value is -1.66. The van der Waals surface area contributed by atoms with Crippen molar-refractivity contribution in [1.29, 1.82) is 0 Å². The molecule has 19 heavy (non-hydrogen) atoms. The largest absolute Gasteiger partial charge is 0.383 e. The molecule has 0 spiro atoms. The van der Waals surface area contributed by atoms with Crippen LogP contribution in [0.3, 0.4) is 0 Å². The van der Waals surface area contributed by atoms with Crippen molar-refractivity contribution in [3.05, 3.63) is 23.5 Å². The van der Waals surface area contributed by atoms with Crippen molar-refractivity contribution < 1.29 is 9.53 Å². The number of hydrogen-bond acceptors (Lipinski definition) is 5. The predicted molar refractivity (Wildman–Crippen MR) is 74.8 cm³/mol. The Balaban J connectivity index is 2.81. The number of hydrazine groups is 1. The van der Waals surface area contributed by atoms with Crippen LogP contribution in [0.4, 0.5) is 5.69 Å². The Morgan fingerprint density at radius 1 is 1.58 bits per heavy atom. The van der Waals surface area contributed by atoms with E-state index in [1.54, 1.807) is 13.2 Å². The Labute approximate surface area is 113 Å². The first-order chi connectivity index (χ1) is 9.12. The molecule has 0 saturated heterocycles. The monoisotopic (exact) mass is 266 g/mol. The molecule has 1 heterocycles. The molecule has 0 bridgehead atoms. The van der Waals surface area contributed by atoms with Gasteiger partial charge < -0.3 is 15.5 Å². The molecule has 4 N–H and O–H groups in total. The Morgan fingerprint density at radius 2 is 2.32 bits per heavy atom. The number of pyridine rings is 1.